The molecule has 12 heteroatoms. The van der Waals surface area contributed by atoms with Gasteiger partial charge >= 0.3 is 0 Å². The molecule has 2 fully saturated rings. The van der Waals surface area contributed by atoms with Crippen molar-refractivity contribution in [2.45, 2.75) is 60.5 Å². The summed E-state index contributed by atoms with van der Waals surface area (Å²) in [5.74, 6) is -0.447. The number of hydrogen-bond acceptors (Lipinski definition) is 9. The summed E-state index contributed by atoms with van der Waals surface area (Å²) in [6.07, 6.45) is -0.0386. The van der Waals surface area contributed by atoms with Crippen LogP contribution in [0.25, 0.3) is 11.2 Å². The van der Waals surface area contributed by atoms with Crippen LogP contribution in [-0.4, -0.2) is 65.9 Å². The number of nitrogens with one attached hydrogen (secondary N) is 2. The smallest absolute Gasteiger partial charge is 0.225 e. The average molecular weight is 490 g/mol. The van der Waals surface area contributed by atoms with Gasteiger partial charge in [0, 0.05) is 22.5 Å². The second kappa shape index (κ2) is 9.05. The molecule has 174 valence electrons. The first-order valence-corrected chi connectivity index (χ1v) is 12.1. The highest BCUT2D eigenvalue weighted by Gasteiger charge is 2.47. The second-order valence-electron chi connectivity index (χ2n) is 8.32. The predicted octanol–water partition coefficient (Wildman–Crippen LogP) is 2.02. The number of rotatable bonds is 7. The molecule has 33 heavy (non-hydrogen) atoms. The lowest BCUT2D eigenvalue weighted by atomic mass is 10.0. The Morgan fingerprint density at radius 1 is 1.21 bits per heavy atom. The van der Waals surface area contributed by atoms with Gasteiger partial charge in [-0.15, -0.1) is 5.10 Å². The van der Waals surface area contributed by atoms with E-state index in [-0.39, 0.29) is 12.3 Å². The number of carbonyl (C=O) groups excluding carboxylic acids is 1. The van der Waals surface area contributed by atoms with Gasteiger partial charge in [0.25, 0.3) is 0 Å². The van der Waals surface area contributed by atoms with Crippen molar-refractivity contribution in [3.8, 4) is 0 Å². The van der Waals surface area contributed by atoms with Crippen LogP contribution in [0.2, 0.25) is 5.02 Å². The third-order valence-corrected chi connectivity index (χ3v) is 7.02. The van der Waals surface area contributed by atoms with Gasteiger partial charge in [-0.2, -0.15) is 0 Å². The predicted molar refractivity (Wildman–Crippen MR) is 123 cm³/mol. The van der Waals surface area contributed by atoms with E-state index in [2.05, 4.69) is 30.9 Å². The monoisotopic (exact) mass is 489 g/mol. The Morgan fingerprint density at radius 3 is 2.67 bits per heavy atom. The third kappa shape index (κ3) is 4.50. The van der Waals surface area contributed by atoms with Crippen LogP contribution in [0, 0.1) is 5.92 Å². The molecule has 4 atom stereocenters. The number of benzene rings is 1. The Morgan fingerprint density at radius 2 is 1.97 bits per heavy atom. The molecular weight excluding hydrogens is 466 g/mol. The Bertz CT molecular complexity index is 1170. The molecule has 4 N–H and O–H groups in total. The summed E-state index contributed by atoms with van der Waals surface area (Å²) in [6, 6.07) is 7.07. The fraction of sp³-hybridized carbons (Fsp3) is 0.476. The van der Waals surface area contributed by atoms with Gasteiger partial charge in [-0.05, 0) is 62.2 Å². The molecule has 0 spiro atoms. The van der Waals surface area contributed by atoms with Crippen molar-refractivity contribution < 1.29 is 15.0 Å². The van der Waals surface area contributed by atoms with E-state index in [9.17, 15) is 15.0 Å². The first kappa shape index (κ1) is 22.3. The largest absolute Gasteiger partial charge is 0.390 e. The Balaban J connectivity index is 1.51. The van der Waals surface area contributed by atoms with Gasteiger partial charge in [0.2, 0.25) is 5.91 Å². The number of halogens is 1. The van der Waals surface area contributed by atoms with E-state index in [1.807, 2.05) is 19.1 Å². The molecular formula is C21H24ClN7O3S. The van der Waals surface area contributed by atoms with Crippen LogP contribution in [-0.2, 0) is 4.79 Å². The molecule has 2 heterocycles. The van der Waals surface area contributed by atoms with Crippen LogP contribution in [0.4, 0.5) is 5.82 Å². The highest BCUT2D eigenvalue weighted by molar-refractivity contribution is 7.99. The summed E-state index contributed by atoms with van der Waals surface area (Å²) in [5.41, 5.74) is 0.933. The van der Waals surface area contributed by atoms with Crippen LogP contribution >= 0.6 is 23.4 Å². The fourth-order valence-electron chi connectivity index (χ4n) is 4.03. The van der Waals surface area contributed by atoms with Crippen molar-refractivity contribution >= 4 is 46.3 Å². The first-order valence-electron chi connectivity index (χ1n) is 10.9. The molecule has 1 aromatic carbocycles. The fourth-order valence-corrected chi connectivity index (χ4v) is 4.90. The van der Waals surface area contributed by atoms with Crippen molar-refractivity contribution in [1.82, 2.24) is 30.3 Å². The van der Waals surface area contributed by atoms with Gasteiger partial charge in [-0.25, -0.2) is 14.6 Å². The maximum atomic E-state index is 12.4. The Labute approximate surface area is 199 Å². The standard InChI is InChI=1S/C21H24ClN7O3S/c1-2-23-20(32)13-9-14(17(31)16(13)30)29-19-15(27-28-29)18(24-11-5-6-11)25-21(26-19)33-12-7-3-10(22)4-8-12/h3-4,7-8,11,13-14,16-17,30-31H,2,5-6,9H2,1H3,(H,23,32)(H,24,25,26)/t13-,14?,16?,17?/m0/s1. The highest BCUT2D eigenvalue weighted by atomic mass is 35.5. The molecule has 2 aliphatic carbocycles. The number of aliphatic hydroxyl groups excluding tert-OH is 2. The molecule has 2 aromatic heterocycles. The minimum absolute atomic E-state index is 0.224. The molecule has 3 aromatic rings. The highest BCUT2D eigenvalue weighted by Crippen LogP contribution is 2.38. The van der Waals surface area contributed by atoms with Gasteiger partial charge in [0.1, 0.15) is 6.10 Å². The van der Waals surface area contributed by atoms with Gasteiger partial charge in [-0.3, -0.25) is 4.79 Å². The average Bonchev–Trinajstić information content (AvgIpc) is 3.44. The lowest BCUT2D eigenvalue weighted by molar-refractivity contribution is -0.128. The third-order valence-electron chi connectivity index (χ3n) is 5.90. The molecule has 5 rings (SSSR count). The number of amides is 1. The molecule has 3 unspecified atom stereocenters. The summed E-state index contributed by atoms with van der Waals surface area (Å²) in [6.45, 7) is 2.26. The minimum atomic E-state index is -1.20. The number of aromatic nitrogens is 5. The summed E-state index contributed by atoms with van der Waals surface area (Å²) in [5, 5.41) is 37.0. The van der Waals surface area contributed by atoms with E-state index in [0.717, 1.165) is 17.7 Å². The topological polar surface area (TPSA) is 138 Å². The van der Waals surface area contributed by atoms with Crippen LogP contribution in [0.1, 0.15) is 32.2 Å². The summed E-state index contributed by atoms with van der Waals surface area (Å²) < 4.78 is 1.51. The van der Waals surface area contributed by atoms with Crippen molar-refractivity contribution in [3.63, 3.8) is 0 Å². The second-order valence-corrected chi connectivity index (χ2v) is 9.80. The zero-order valence-electron chi connectivity index (χ0n) is 17.8. The molecule has 0 radical (unpaired) electrons. The van der Waals surface area contributed by atoms with Gasteiger partial charge in [-0.1, -0.05) is 16.8 Å². The van der Waals surface area contributed by atoms with Crippen molar-refractivity contribution in [3.05, 3.63) is 29.3 Å². The summed E-state index contributed by atoms with van der Waals surface area (Å²) >= 11 is 7.37. The van der Waals surface area contributed by atoms with Crippen molar-refractivity contribution in [2.75, 3.05) is 11.9 Å². The zero-order chi connectivity index (χ0) is 23.1. The van der Waals surface area contributed by atoms with E-state index in [1.165, 1.54) is 16.4 Å². The van der Waals surface area contributed by atoms with Gasteiger partial charge in [0.05, 0.1) is 18.1 Å². The Kier molecular flexibility index (Phi) is 6.12. The summed E-state index contributed by atoms with van der Waals surface area (Å²) in [7, 11) is 0. The normalized spacial score (nSPS) is 24.8. The van der Waals surface area contributed by atoms with E-state index in [1.54, 1.807) is 12.1 Å². The molecule has 10 nitrogen and oxygen atoms in total. The number of anilines is 1. The van der Waals surface area contributed by atoms with E-state index < -0.39 is 24.2 Å². The number of nitrogens with zero attached hydrogens (tertiary/aromatic N) is 5. The number of aliphatic hydroxyl groups is 2. The van der Waals surface area contributed by atoms with E-state index in [0.29, 0.717) is 39.7 Å². The zero-order valence-corrected chi connectivity index (χ0v) is 19.4. The molecule has 2 saturated carbocycles. The molecule has 0 aliphatic heterocycles. The maximum absolute atomic E-state index is 12.4. The molecule has 2 aliphatic rings. The minimum Gasteiger partial charge on any atom is -0.390 e. The lowest BCUT2D eigenvalue weighted by Crippen LogP contribution is -2.38. The van der Waals surface area contributed by atoms with Crippen molar-refractivity contribution in [2.24, 2.45) is 5.92 Å². The number of hydrogen-bond donors (Lipinski definition) is 4. The number of fused-ring (bicyclic) bond motifs is 1. The quantitative estimate of drug-likeness (QED) is 0.367. The van der Waals surface area contributed by atoms with Crippen LogP contribution in [0.15, 0.2) is 34.3 Å². The molecule has 0 saturated heterocycles. The number of carbonyl (C=O) groups is 1. The van der Waals surface area contributed by atoms with E-state index in [4.69, 9.17) is 11.6 Å². The van der Waals surface area contributed by atoms with E-state index >= 15 is 0 Å². The van der Waals surface area contributed by atoms with Gasteiger partial charge in [0.15, 0.2) is 22.1 Å². The summed E-state index contributed by atoms with van der Waals surface area (Å²) in [4.78, 5) is 22.6. The maximum Gasteiger partial charge on any atom is 0.225 e. The lowest BCUT2D eigenvalue weighted by Gasteiger charge is -2.17. The molecule has 1 amide bonds. The Hall–Kier alpha value is -2.47. The van der Waals surface area contributed by atoms with Crippen molar-refractivity contribution in [1.29, 1.82) is 0 Å². The van der Waals surface area contributed by atoms with Gasteiger partial charge < -0.3 is 20.8 Å². The van der Waals surface area contributed by atoms with Crippen LogP contribution in [0.5, 0.6) is 0 Å². The SMILES string of the molecule is CCNC(=O)[C@H]1CC(n2nnc3c(NC4CC4)nc(Sc4ccc(Cl)cc4)nc32)C(O)C1O. The van der Waals surface area contributed by atoms with Crippen LogP contribution in [0.3, 0.4) is 0 Å². The van der Waals surface area contributed by atoms with Crippen LogP contribution < -0.4 is 10.6 Å². The first-order chi connectivity index (χ1) is 15.9. The molecule has 0 bridgehead atoms.